The molecule has 0 aliphatic rings. The highest BCUT2D eigenvalue weighted by Crippen LogP contribution is 2.21. The van der Waals surface area contributed by atoms with Crippen molar-refractivity contribution in [3.63, 3.8) is 0 Å². The number of anilines is 2. The second-order valence-corrected chi connectivity index (χ2v) is 5.09. The van der Waals surface area contributed by atoms with Crippen molar-refractivity contribution in [1.29, 1.82) is 0 Å². The van der Waals surface area contributed by atoms with Gasteiger partial charge in [-0.05, 0) is 29.7 Å². The van der Waals surface area contributed by atoms with E-state index in [0.29, 0.717) is 17.7 Å². The van der Waals surface area contributed by atoms with Crippen LogP contribution in [0.25, 0.3) is 0 Å². The van der Waals surface area contributed by atoms with Gasteiger partial charge >= 0.3 is 0 Å². The molecule has 0 radical (unpaired) electrons. The molecule has 1 amide bonds. The monoisotopic (exact) mass is 290 g/mol. The predicted molar refractivity (Wildman–Crippen MR) is 79.3 cm³/mol. The van der Waals surface area contributed by atoms with E-state index in [9.17, 15) is 13.6 Å². The Kier molecular flexibility index (Phi) is 4.21. The van der Waals surface area contributed by atoms with Crippen molar-refractivity contribution in [1.82, 2.24) is 0 Å². The predicted octanol–water partition coefficient (Wildman–Crippen LogP) is 3.92. The zero-order valence-electron chi connectivity index (χ0n) is 11.8. The summed E-state index contributed by atoms with van der Waals surface area (Å²) in [5.74, 6) is -2.19. The van der Waals surface area contributed by atoms with Gasteiger partial charge in [-0.3, -0.25) is 4.79 Å². The molecule has 0 saturated heterocycles. The number of nitrogens with one attached hydrogen (secondary N) is 1. The molecule has 110 valence electrons. The van der Waals surface area contributed by atoms with E-state index in [4.69, 9.17) is 5.73 Å². The van der Waals surface area contributed by atoms with Gasteiger partial charge in [0.1, 0.15) is 11.6 Å². The Bertz CT molecular complexity index is 684. The van der Waals surface area contributed by atoms with Crippen LogP contribution in [0.1, 0.15) is 35.7 Å². The molecule has 0 aliphatic heterocycles. The standard InChI is InChI=1S/C16H16F2N2O/c1-9(2)10-4-3-5-11(6-10)20-16(21)12-7-15(19)14(18)8-13(12)17/h3-9H,19H2,1-2H3,(H,20,21). The van der Waals surface area contributed by atoms with Gasteiger partial charge in [0, 0.05) is 11.8 Å². The summed E-state index contributed by atoms with van der Waals surface area (Å²) in [5, 5.41) is 2.58. The summed E-state index contributed by atoms with van der Waals surface area (Å²) < 4.78 is 26.7. The van der Waals surface area contributed by atoms with Gasteiger partial charge < -0.3 is 11.1 Å². The molecule has 0 saturated carbocycles. The number of nitrogens with two attached hydrogens (primary N) is 1. The third kappa shape index (κ3) is 3.37. The first-order valence-corrected chi connectivity index (χ1v) is 6.54. The summed E-state index contributed by atoms with van der Waals surface area (Å²) >= 11 is 0. The van der Waals surface area contributed by atoms with Crippen molar-refractivity contribution in [3.05, 3.63) is 59.2 Å². The highest BCUT2D eigenvalue weighted by Gasteiger charge is 2.15. The van der Waals surface area contributed by atoms with Crippen LogP contribution >= 0.6 is 0 Å². The van der Waals surface area contributed by atoms with E-state index in [0.717, 1.165) is 11.6 Å². The molecule has 0 spiro atoms. The largest absolute Gasteiger partial charge is 0.396 e. The molecule has 0 aliphatic carbocycles. The van der Waals surface area contributed by atoms with Crippen molar-refractivity contribution < 1.29 is 13.6 Å². The minimum absolute atomic E-state index is 0.266. The van der Waals surface area contributed by atoms with E-state index in [2.05, 4.69) is 5.32 Å². The van der Waals surface area contributed by atoms with Gasteiger partial charge in [0.2, 0.25) is 0 Å². The Labute approximate surface area is 121 Å². The van der Waals surface area contributed by atoms with Crippen LogP contribution < -0.4 is 11.1 Å². The topological polar surface area (TPSA) is 55.1 Å². The second-order valence-electron chi connectivity index (χ2n) is 5.09. The van der Waals surface area contributed by atoms with Gasteiger partial charge in [-0.2, -0.15) is 0 Å². The Balaban J connectivity index is 2.26. The van der Waals surface area contributed by atoms with Gasteiger partial charge in [-0.25, -0.2) is 8.78 Å². The lowest BCUT2D eigenvalue weighted by Crippen LogP contribution is -2.15. The van der Waals surface area contributed by atoms with Crippen LogP contribution in [0.3, 0.4) is 0 Å². The van der Waals surface area contributed by atoms with Crippen LogP contribution in [0.15, 0.2) is 36.4 Å². The van der Waals surface area contributed by atoms with Crippen LogP contribution in [-0.4, -0.2) is 5.91 Å². The Hall–Kier alpha value is -2.43. The highest BCUT2D eigenvalue weighted by atomic mass is 19.1. The van der Waals surface area contributed by atoms with Crippen LogP contribution in [0.4, 0.5) is 20.2 Å². The molecule has 3 N–H and O–H groups in total. The lowest BCUT2D eigenvalue weighted by molar-refractivity contribution is 0.102. The number of carbonyl (C=O) groups excluding carboxylic acids is 1. The first kappa shape index (κ1) is 15.0. The van der Waals surface area contributed by atoms with Gasteiger partial charge in [0.05, 0.1) is 11.3 Å². The smallest absolute Gasteiger partial charge is 0.258 e. The fourth-order valence-electron chi connectivity index (χ4n) is 1.91. The zero-order valence-corrected chi connectivity index (χ0v) is 11.8. The third-order valence-corrected chi connectivity index (χ3v) is 3.14. The maximum absolute atomic E-state index is 13.6. The Morgan fingerprint density at radius 3 is 2.52 bits per heavy atom. The molecule has 0 fully saturated rings. The number of nitrogen functional groups attached to an aromatic ring is 1. The number of halogens is 2. The molecule has 0 heterocycles. The molecule has 0 atom stereocenters. The average Bonchev–Trinajstić information content (AvgIpc) is 2.43. The Morgan fingerprint density at radius 2 is 1.86 bits per heavy atom. The molecule has 21 heavy (non-hydrogen) atoms. The van der Waals surface area contributed by atoms with E-state index < -0.39 is 17.5 Å². The SMILES string of the molecule is CC(C)c1cccc(NC(=O)c2cc(N)c(F)cc2F)c1. The van der Waals surface area contributed by atoms with E-state index in [1.54, 1.807) is 12.1 Å². The molecule has 3 nitrogen and oxygen atoms in total. The average molecular weight is 290 g/mol. The summed E-state index contributed by atoms with van der Waals surface area (Å²) in [5.41, 5.74) is 6.41. The molecule has 2 aromatic rings. The van der Waals surface area contributed by atoms with Crippen LogP contribution in [-0.2, 0) is 0 Å². The molecule has 0 aromatic heterocycles. The zero-order chi connectivity index (χ0) is 15.6. The normalized spacial score (nSPS) is 10.7. The van der Waals surface area contributed by atoms with E-state index in [1.165, 1.54) is 0 Å². The van der Waals surface area contributed by atoms with Gasteiger partial charge in [-0.1, -0.05) is 26.0 Å². The summed E-state index contributed by atoms with van der Waals surface area (Å²) in [4.78, 5) is 12.1. The molecular weight excluding hydrogens is 274 g/mol. The molecular formula is C16H16F2N2O. The van der Waals surface area contributed by atoms with E-state index in [-0.39, 0.29) is 11.3 Å². The molecule has 0 unspecified atom stereocenters. The lowest BCUT2D eigenvalue weighted by atomic mass is 10.0. The minimum Gasteiger partial charge on any atom is -0.396 e. The maximum atomic E-state index is 13.6. The van der Waals surface area contributed by atoms with Crippen LogP contribution in [0.2, 0.25) is 0 Å². The van der Waals surface area contributed by atoms with E-state index >= 15 is 0 Å². The van der Waals surface area contributed by atoms with Gasteiger partial charge in [0.15, 0.2) is 0 Å². The highest BCUT2D eigenvalue weighted by molar-refractivity contribution is 6.05. The fourth-order valence-corrected chi connectivity index (χ4v) is 1.91. The van der Waals surface area contributed by atoms with Crippen LogP contribution in [0.5, 0.6) is 0 Å². The molecule has 2 rings (SSSR count). The summed E-state index contributed by atoms with van der Waals surface area (Å²) in [6, 6.07) is 8.86. The number of rotatable bonds is 3. The van der Waals surface area contributed by atoms with Crippen molar-refractivity contribution in [2.75, 3.05) is 11.1 Å². The first-order chi connectivity index (χ1) is 9.88. The summed E-state index contributed by atoms with van der Waals surface area (Å²) in [6.07, 6.45) is 0. The van der Waals surface area contributed by atoms with Crippen molar-refractivity contribution in [2.24, 2.45) is 0 Å². The van der Waals surface area contributed by atoms with E-state index in [1.807, 2.05) is 26.0 Å². The van der Waals surface area contributed by atoms with Crippen LogP contribution in [0, 0.1) is 11.6 Å². The summed E-state index contributed by atoms with van der Waals surface area (Å²) in [7, 11) is 0. The quantitative estimate of drug-likeness (QED) is 0.842. The number of amides is 1. The first-order valence-electron chi connectivity index (χ1n) is 6.54. The minimum atomic E-state index is -0.945. The molecule has 0 bridgehead atoms. The third-order valence-electron chi connectivity index (χ3n) is 3.14. The number of hydrogen-bond acceptors (Lipinski definition) is 2. The van der Waals surface area contributed by atoms with Crippen molar-refractivity contribution in [2.45, 2.75) is 19.8 Å². The Morgan fingerprint density at radius 1 is 1.14 bits per heavy atom. The number of benzene rings is 2. The maximum Gasteiger partial charge on any atom is 0.258 e. The second kappa shape index (κ2) is 5.91. The van der Waals surface area contributed by atoms with Gasteiger partial charge in [-0.15, -0.1) is 0 Å². The fraction of sp³-hybridized carbons (Fsp3) is 0.188. The number of hydrogen-bond donors (Lipinski definition) is 2. The number of carbonyl (C=O) groups is 1. The van der Waals surface area contributed by atoms with Gasteiger partial charge in [0.25, 0.3) is 5.91 Å². The molecule has 5 heteroatoms. The van der Waals surface area contributed by atoms with Crippen molar-refractivity contribution >= 4 is 17.3 Å². The lowest BCUT2D eigenvalue weighted by Gasteiger charge is -2.10. The molecule has 2 aromatic carbocycles. The van der Waals surface area contributed by atoms with Crippen molar-refractivity contribution in [3.8, 4) is 0 Å². The summed E-state index contributed by atoms with van der Waals surface area (Å²) in [6.45, 7) is 4.06.